The molecule has 0 saturated heterocycles. The van der Waals surface area contributed by atoms with Gasteiger partial charge in [0.25, 0.3) is 0 Å². The summed E-state index contributed by atoms with van der Waals surface area (Å²) < 4.78 is 28.2. The first kappa shape index (κ1) is 13.6. The van der Waals surface area contributed by atoms with Crippen molar-refractivity contribution in [2.24, 2.45) is 0 Å². The lowest BCUT2D eigenvalue weighted by Gasteiger charge is -2.28. The van der Waals surface area contributed by atoms with E-state index in [1.54, 1.807) is 0 Å². The molecule has 19 heavy (non-hydrogen) atoms. The van der Waals surface area contributed by atoms with Gasteiger partial charge in [-0.05, 0) is 12.5 Å². The van der Waals surface area contributed by atoms with Crippen molar-refractivity contribution in [1.29, 1.82) is 0 Å². The molecule has 6 heteroatoms. The molecule has 0 spiro atoms. The summed E-state index contributed by atoms with van der Waals surface area (Å²) in [5.41, 5.74) is -1.36. The first-order valence-corrected chi connectivity index (χ1v) is 6.05. The normalized spacial score (nSPS) is 14.3. The molecule has 0 saturated carbocycles. The Hall–Kier alpha value is -1.82. The fourth-order valence-corrected chi connectivity index (χ4v) is 2.16. The van der Waals surface area contributed by atoms with E-state index in [0.29, 0.717) is 12.8 Å². The van der Waals surface area contributed by atoms with E-state index in [4.69, 9.17) is 0 Å². The molecule has 4 nitrogen and oxygen atoms in total. The van der Waals surface area contributed by atoms with E-state index in [9.17, 15) is 13.9 Å². The van der Waals surface area contributed by atoms with Gasteiger partial charge < -0.3 is 5.11 Å². The highest BCUT2D eigenvalue weighted by molar-refractivity contribution is 5.25. The number of rotatable bonds is 5. The minimum absolute atomic E-state index is 0.0728. The fraction of sp³-hybridized carbons (Fsp3) is 0.385. The molecule has 0 radical (unpaired) electrons. The molecule has 1 heterocycles. The van der Waals surface area contributed by atoms with Crippen molar-refractivity contribution in [3.63, 3.8) is 0 Å². The second-order valence-corrected chi connectivity index (χ2v) is 4.50. The van der Waals surface area contributed by atoms with Crippen molar-refractivity contribution in [3.05, 3.63) is 48.1 Å². The topological polar surface area (TPSA) is 50.9 Å². The lowest BCUT2D eigenvalue weighted by atomic mass is 9.88. The van der Waals surface area contributed by atoms with Crippen molar-refractivity contribution in [3.8, 4) is 0 Å². The molecule has 2 rings (SSSR count). The summed E-state index contributed by atoms with van der Waals surface area (Å²) in [4.78, 5) is 3.78. The number of halogens is 2. The van der Waals surface area contributed by atoms with Crippen LogP contribution in [0.4, 0.5) is 8.78 Å². The SMILES string of the molecule is CCC[C@](O)(Cn1cncn1)c1ccc(F)cc1F. The molecule has 0 fully saturated rings. The van der Waals surface area contributed by atoms with Gasteiger partial charge >= 0.3 is 0 Å². The third-order valence-corrected chi connectivity index (χ3v) is 2.99. The van der Waals surface area contributed by atoms with Crippen LogP contribution in [0.2, 0.25) is 0 Å². The maximum atomic E-state index is 13.9. The van der Waals surface area contributed by atoms with E-state index in [1.165, 1.54) is 23.4 Å². The Morgan fingerprint density at radius 2 is 2.16 bits per heavy atom. The van der Waals surface area contributed by atoms with Crippen LogP contribution in [0.5, 0.6) is 0 Å². The second-order valence-electron chi connectivity index (χ2n) is 4.50. The molecule has 0 aliphatic carbocycles. The van der Waals surface area contributed by atoms with Crippen LogP contribution < -0.4 is 0 Å². The average molecular weight is 267 g/mol. The summed E-state index contributed by atoms with van der Waals surface area (Å²) in [6, 6.07) is 3.19. The van der Waals surface area contributed by atoms with Crippen molar-refractivity contribution in [1.82, 2.24) is 14.8 Å². The van der Waals surface area contributed by atoms with Gasteiger partial charge in [-0.3, -0.25) is 0 Å². The first-order chi connectivity index (χ1) is 9.05. The number of benzene rings is 1. The first-order valence-electron chi connectivity index (χ1n) is 6.05. The van der Waals surface area contributed by atoms with Gasteiger partial charge in [0.05, 0.1) is 6.54 Å². The monoisotopic (exact) mass is 267 g/mol. The second kappa shape index (κ2) is 5.44. The van der Waals surface area contributed by atoms with Gasteiger partial charge in [-0.2, -0.15) is 5.10 Å². The van der Waals surface area contributed by atoms with Crippen molar-refractivity contribution < 1.29 is 13.9 Å². The molecule has 1 N–H and O–H groups in total. The highest BCUT2D eigenvalue weighted by Crippen LogP contribution is 2.30. The third kappa shape index (κ3) is 2.96. The van der Waals surface area contributed by atoms with E-state index in [0.717, 1.165) is 12.1 Å². The Balaban J connectivity index is 2.37. The number of hydrogen-bond acceptors (Lipinski definition) is 3. The van der Waals surface area contributed by atoms with Crippen molar-refractivity contribution in [2.45, 2.75) is 31.9 Å². The molecule has 2 aromatic rings. The highest BCUT2D eigenvalue weighted by Gasteiger charge is 2.32. The van der Waals surface area contributed by atoms with Crippen LogP contribution in [0.3, 0.4) is 0 Å². The van der Waals surface area contributed by atoms with Crippen LogP contribution in [0.15, 0.2) is 30.9 Å². The molecule has 0 aliphatic rings. The standard InChI is InChI=1S/C13H15F2N3O/c1-2-5-13(19,7-18-9-16-8-17-18)11-4-3-10(14)6-12(11)15/h3-4,6,8-9,19H,2,5,7H2,1H3/t13-/m0/s1. The zero-order chi connectivity index (χ0) is 13.9. The predicted octanol–water partition coefficient (Wildman–Crippen LogP) is 2.24. The van der Waals surface area contributed by atoms with Gasteiger partial charge in [-0.25, -0.2) is 18.4 Å². The zero-order valence-corrected chi connectivity index (χ0v) is 10.6. The summed E-state index contributed by atoms with van der Waals surface area (Å²) in [7, 11) is 0. The van der Waals surface area contributed by atoms with Crippen LogP contribution in [0, 0.1) is 11.6 Å². The van der Waals surface area contributed by atoms with Gasteiger partial charge in [0.1, 0.15) is 29.9 Å². The van der Waals surface area contributed by atoms with Gasteiger partial charge in [-0.15, -0.1) is 0 Å². The number of hydrogen-bond donors (Lipinski definition) is 1. The smallest absolute Gasteiger partial charge is 0.137 e. The minimum atomic E-state index is -1.43. The van der Waals surface area contributed by atoms with Crippen LogP contribution in [-0.4, -0.2) is 19.9 Å². The maximum absolute atomic E-state index is 13.9. The van der Waals surface area contributed by atoms with E-state index in [-0.39, 0.29) is 12.1 Å². The van der Waals surface area contributed by atoms with Crippen molar-refractivity contribution >= 4 is 0 Å². The zero-order valence-electron chi connectivity index (χ0n) is 10.6. The number of nitrogens with zero attached hydrogens (tertiary/aromatic N) is 3. The fourth-order valence-electron chi connectivity index (χ4n) is 2.16. The van der Waals surface area contributed by atoms with Crippen LogP contribution in [-0.2, 0) is 12.1 Å². The Morgan fingerprint density at radius 3 is 2.74 bits per heavy atom. The summed E-state index contributed by atoms with van der Waals surface area (Å²) in [6.45, 7) is 1.96. The Kier molecular flexibility index (Phi) is 3.90. The van der Waals surface area contributed by atoms with E-state index in [2.05, 4.69) is 10.1 Å². The minimum Gasteiger partial charge on any atom is -0.383 e. The van der Waals surface area contributed by atoms with Crippen LogP contribution in [0.25, 0.3) is 0 Å². The molecule has 0 unspecified atom stereocenters. The Morgan fingerprint density at radius 1 is 1.37 bits per heavy atom. The molecule has 0 bridgehead atoms. The molecular weight excluding hydrogens is 252 g/mol. The summed E-state index contributed by atoms with van der Waals surface area (Å²) in [5.74, 6) is -1.42. The number of aromatic nitrogens is 3. The van der Waals surface area contributed by atoms with Crippen LogP contribution in [0.1, 0.15) is 25.3 Å². The van der Waals surface area contributed by atoms with Gasteiger partial charge in [-0.1, -0.05) is 19.4 Å². The molecule has 102 valence electrons. The number of aliphatic hydroxyl groups is 1. The summed E-state index contributed by atoms with van der Waals surface area (Å²) >= 11 is 0. The lowest BCUT2D eigenvalue weighted by molar-refractivity contribution is 0.00225. The Labute approximate surface area is 109 Å². The van der Waals surface area contributed by atoms with Gasteiger partial charge in [0, 0.05) is 11.6 Å². The molecule has 0 amide bonds. The van der Waals surface area contributed by atoms with Crippen molar-refractivity contribution in [2.75, 3.05) is 0 Å². The van der Waals surface area contributed by atoms with E-state index < -0.39 is 17.2 Å². The summed E-state index contributed by atoms with van der Waals surface area (Å²) in [5, 5.41) is 14.6. The predicted molar refractivity (Wildman–Crippen MR) is 65.2 cm³/mol. The molecule has 1 aromatic carbocycles. The average Bonchev–Trinajstić information content (AvgIpc) is 2.81. The van der Waals surface area contributed by atoms with E-state index in [1.807, 2.05) is 6.92 Å². The Bertz CT molecular complexity index is 545. The lowest BCUT2D eigenvalue weighted by Crippen LogP contribution is -2.32. The molecular formula is C13H15F2N3O. The summed E-state index contributed by atoms with van der Waals surface area (Å²) in [6.07, 6.45) is 3.78. The maximum Gasteiger partial charge on any atom is 0.137 e. The third-order valence-electron chi connectivity index (χ3n) is 2.99. The van der Waals surface area contributed by atoms with Crippen LogP contribution >= 0.6 is 0 Å². The molecule has 1 atom stereocenters. The van der Waals surface area contributed by atoms with Gasteiger partial charge in [0.2, 0.25) is 0 Å². The highest BCUT2D eigenvalue weighted by atomic mass is 19.1. The van der Waals surface area contributed by atoms with Gasteiger partial charge in [0.15, 0.2) is 0 Å². The molecule has 0 aliphatic heterocycles. The quantitative estimate of drug-likeness (QED) is 0.904. The largest absolute Gasteiger partial charge is 0.383 e. The molecule has 1 aromatic heterocycles. The van der Waals surface area contributed by atoms with E-state index >= 15 is 0 Å².